The van der Waals surface area contributed by atoms with Crippen LogP contribution in [0.3, 0.4) is 0 Å². The van der Waals surface area contributed by atoms with Crippen molar-refractivity contribution in [3.8, 4) is 5.69 Å². The van der Waals surface area contributed by atoms with Crippen LogP contribution in [0.2, 0.25) is 0 Å². The summed E-state index contributed by atoms with van der Waals surface area (Å²) in [6, 6.07) is 0. The highest BCUT2D eigenvalue weighted by molar-refractivity contribution is 8.01. The van der Waals surface area contributed by atoms with Gasteiger partial charge < -0.3 is 5.32 Å². The van der Waals surface area contributed by atoms with Crippen LogP contribution in [-0.4, -0.2) is 27.9 Å². The first kappa shape index (κ1) is 18.7. The van der Waals surface area contributed by atoms with Gasteiger partial charge in [-0.2, -0.15) is 4.98 Å². The Morgan fingerprint density at radius 1 is 1.42 bits per heavy atom. The van der Waals surface area contributed by atoms with Gasteiger partial charge in [0.25, 0.3) is 0 Å². The first-order valence-electron chi connectivity index (χ1n) is 7.64. The van der Waals surface area contributed by atoms with Crippen LogP contribution in [0.1, 0.15) is 29.8 Å². The number of rotatable bonds is 8. The third-order valence-corrected chi connectivity index (χ3v) is 6.10. The SMILES string of the molecule is C=CC(=O)Nc1nc(=O)n2c(C)c(C)sc(SCCCCCF)c1-2. The van der Waals surface area contributed by atoms with Gasteiger partial charge in [0.15, 0.2) is 5.82 Å². The van der Waals surface area contributed by atoms with E-state index in [0.717, 1.165) is 39.5 Å². The van der Waals surface area contributed by atoms with Gasteiger partial charge in [0.05, 0.1) is 10.9 Å². The molecule has 1 amide bonds. The van der Waals surface area contributed by atoms with E-state index in [0.29, 0.717) is 12.1 Å². The number of halogens is 1. The summed E-state index contributed by atoms with van der Waals surface area (Å²) in [5, 5.41) is 2.61. The van der Waals surface area contributed by atoms with E-state index in [1.165, 1.54) is 4.57 Å². The largest absolute Gasteiger partial charge is 0.354 e. The Hall–Kier alpha value is -1.67. The number of aryl methyl sites for hydroxylation is 1. The van der Waals surface area contributed by atoms with Gasteiger partial charge >= 0.3 is 5.69 Å². The maximum Gasteiger partial charge on any atom is 0.354 e. The monoisotopic (exact) mass is 369 g/mol. The summed E-state index contributed by atoms with van der Waals surface area (Å²) < 4.78 is 14.6. The number of hydrogen-bond donors (Lipinski definition) is 1. The minimum Gasteiger partial charge on any atom is -0.305 e. The van der Waals surface area contributed by atoms with E-state index in [2.05, 4.69) is 16.9 Å². The van der Waals surface area contributed by atoms with E-state index in [1.807, 2.05) is 13.8 Å². The fraction of sp³-hybridized carbons (Fsp3) is 0.438. The van der Waals surface area contributed by atoms with E-state index < -0.39 is 11.6 Å². The molecule has 0 saturated carbocycles. The second-order valence-corrected chi connectivity index (χ2v) is 7.84. The zero-order valence-corrected chi connectivity index (χ0v) is 15.4. The zero-order chi connectivity index (χ0) is 17.7. The van der Waals surface area contributed by atoms with Gasteiger partial charge in [0, 0.05) is 10.6 Å². The molecule has 0 radical (unpaired) electrons. The molecular weight excluding hydrogens is 349 g/mol. The fourth-order valence-electron chi connectivity index (χ4n) is 2.21. The average Bonchev–Trinajstić information content (AvgIpc) is 2.88. The number of unbranched alkanes of at least 4 members (excludes halogenated alkanes) is 2. The van der Waals surface area contributed by atoms with Crippen LogP contribution in [0.5, 0.6) is 0 Å². The molecule has 130 valence electrons. The Labute approximate surface area is 148 Å². The quantitative estimate of drug-likeness (QED) is 0.438. The lowest BCUT2D eigenvalue weighted by Gasteiger charge is -2.15. The van der Waals surface area contributed by atoms with Crippen molar-refractivity contribution in [3.05, 3.63) is 33.7 Å². The summed E-state index contributed by atoms with van der Waals surface area (Å²) >= 11 is 3.18. The molecule has 2 rings (SSSR count). The number of aromatic nitrogens is 2. The van der Waals surface area contributed by atoms with Crippen molar-refractivity contribution in [3.63, 3.8) is 0 Å². The number of anilines is 1. The number of thioether (sulfide) groups is 1. The third-order valence-electron chi connectivity index (χ3n) is 3.57. The molecule has 0 saturated heterocycles. The second-order valence-electron chi connectivity index (χ2n) is 5.25. The molecule has 2 aliphatic heterocycles. The van der Waals surface area contributed by atoms with Crippen LogP contribution >= 0.6 is 23.1 Å². The molecule has 1 N–H and O–H groups in total. The molecule has 24 heavy (non-hydrogen) atoms. The van der Waals surface area contributed by atoms with Crippen molar-refractivity contribution in [1.29, 1.82) is 0 Å². The maximum absolute atomic E-state index is 12.2. The normalized spacial score (nSPS) is 11.0. The molecule has 0 aromatic rings. The molecule has 0 aliphatic carbocycles. The lowest BCUT2D eigenvalue weighted by Crippen LogP contribution is -2.17. The van der Waals surface area contributed by atoms with Crippen molar-refractivity contribution in [1.82, 2.24) is 9.55 Å². The Morgan fingerprint density at radius 3 is 2.83 bits per heavy atom. The predicted octanol–water partition coefficient (Wildman–Crippen LogP) is 3.71. The highest BCUT2D eigenvalue weighted by Gasteiger charge is 2.23. The minimum atomic E-state index is -0.406. The summed E-state index contributed by atoms with van der Waals surface area (Å²) in [5.74, 6) is 0.677. The van der Waals surface area contributed by atoms with Gasteiger partial charge in [-0.1, -0.05) is 13.0 Å². The summed E-state index contributed by atoms with van der Waals surface area (Å²) in [7, 11) is 0. The van der Waals surface area contributed by atoms with Crippen LogP contribution in [0.4, 0.5) is 10.2 Å². The second kappa shape index (κ2) is 8.43. The molecule has 8 heteroatoms. The van der Waals surface area contributed by atoms with E-state index >= 15 is 0 Å². The van der Waals surface area contributed by atoms with Crippen molar-refractivity contribution in [2.45, 2.75) is 37.3 Å². The number of fused-ring (bicyclic) bond motifs is 1. The maximum atomic E-state index is 12.2. The number of imidazole rings is 1. The number of alkyl halides is 1. The molecule has 5 nitrogen and oxygen atoms in total. The van der Waals surface area contributed by atoms with Gasteiger partial charge in [0.1, 0.15) is 5.69 Å². The average molecular weight is 369 g/mol. The predicted molar refractivity (Wildman–Crippen MR) is 97.7 cm³/mol. The van der Waals surface area contributed by atoms with E-state index in [4.69, 9.17) is 0 Å². The Balaban J connectivity index is 2.37. The highest BCUT2D eigenvalue weighted by atomic mass is 32.2. The van der Waals surface area contributed by atoms with E-state index in [9.17, 15) is 14.0 Å². The van der Waals surface area contributed by atoms with Crippen LogP contribution in [-0.2, 0) is 4.79 Å². The third kappa shape index (κ3) is 4.05. The van der Waals surface area contributed by atoms with Crippen molar-refractivity contribution in [2.75, 3.05) is 17.7 Å². The lowest BCUT2D eigenvalue weighted by atomic mass is 10.3. The summed E-state index contributed by atoms with van der Waals surface area (Å²) in [6.07, 6.45) is 3.45. The van der Waals surface area contributed by atoms with Gasteiger partial charge in [-0.05, 0) is 38.5 Å². The fourth-order valence-corrected chi connectivity index (χ4v) is 4.73. The molecule has 2 heterocycles. The smallest absolute Gasteiger partial charge is 0.305 e. The molecule has 0 unspecified atom stereocenters. The summed E-state index contributed by atoms with van der Waals surface area (Å²) in [6.45, 7) is 6.94. The van der Waals surface area contributed by atoms with Crippen molar-refractivity contribution in [2.24, 2.45) is 0 Å². The number of nitrogens with one attached hydrogen (secondary N) is 1. The van der Waals surface area contributed by atoms with Crippen molar-refractivity contribution < 1.29 is 9.18 Å². The first-order valence-corrected chi connectivity index (χ1v) is 9.44. The molecule has 0 spiro atoms. The van der Waals surface area contributed by atoms with Crippen LogP contribution < -0.4 is 11.0 Å². The molecular formula is C16H20FN3O2S2. The van der Waals surface area contributed by atoms with Gasteiger partial charge in [-0.3, -0.25) is 13.8 Å². The Morgan fingerprint density at radius 2 is 2.17 bits per heavy atom. The highest BCUT2D eigenvalue weighted by Crippen LogP contribution is 2.38. The number of carbonyl (C=O) groups is 1. The number of carbonyl (C=O) groups excluding carboxylic acids is 1. The van der Waals surface area contributed by atoms with Gasteiger partial charge in [-0.15, -0.1) is 23.1 Å². The number of amides is 1. The molecule has 2 aliphatic rings. The Kier molecular flexibility index (Phi) is 6.56. The van der Waals surface area contributed by atoms with Crippen LogP contribution in [0.25, 0.3) is 5.69 Å². The molecule has 0 aromatic heterocycles. The summed E-state index contributed by atoms with van der Waals surface area (Å²) in [4.78, 5) is 28.8. The summed E-state index contributed by atoms with van der Waals surface area (Å²) in [5.41, 5.74) is 1.03. The lowest BCUT2D eigenvalue weighted by molar-refractivity contribution is -0.111. The van der Waals surface area contributed by atoms with Crippen LogP contribution in [0, 0.1) is 13.8 Å². The van der Waals surface area contributed by atoms with Crippen molar-refractivity contribution >= 4 is 34.8 Å². The Bertz CT molecular complexity index is 770. The molecule has 0 bridgehead atoms. The van der Waals surface area contributed by atoms with Crippen LogP contribution in [0.15, 0.2) is 21.7 Å². The standard InChI is InChI=1S/C16H20FN3O2S2/c1-4-12(21)18-14-13-15(23-9-7-5-6-8-17)24-11(3)10(2)20(13)16(22)19-14/h4H,1,5-9H2,2-3H3,(H,18,19,21,22). The molecule has 0 atom stereocenters. The minimum absolute atomic E-state index is 0.260. The van der Waals surface area contributed by atoms with E-state index in [-0.39, 0.29) is 12.5 Å². The van der Waals surface area contributed by atoms with Gasteiger partial charge in [-0.25, -0.2) is 4.79 Å². The molecule has 0 aromatic carbocycles. The van der Waals surface area contributed by atoms with Gasteiger partial charge in [0.2, 0.25) is 5.91 Å². The first-order chi connectivity index (χ1) is 11.5. The zero-order valence-electron chi connectivity index (χ0n) is 13.7. The molecule has 0 fully saturated rings. The number of nitrogens with zero attached hydrogens (tertiary/aromatic N) is 2. The number of hydrogen-bond acceptors (Lipinski definition) is 5. The topological polar surface area (TPSA) is 64.0 Å². The van der Waals surface area contributed by atoms with E-state index in [1.54, 1.807) is 23.1 Å².